The van der Waals surface area contributed by atoms with Crippen molar-refractivity contribution in [3.8, 4) is 5.88 Å². The number of halogens is 2. The van der Waals surface area contributed by atoms with Crippen LogP contribution in [0.3, 0.4) is 0 Å². The molecule has 0 saturated carbocycles. The van der Waals surface area contributed by atoms with Crippen molar-refractivity contribution in [1.82, 2.24) is 29.8 Å². The van der Waals surface area contributed by atoms with Gasteiger partial charge in [-0.2, -0.15) is 9.50 Å². The van der Waals surface area contributed by atoms with Gasteiger partial charge in [-0.15, -0.1) is 5.10 Å². The van der Waals surface area contributed by atoms with E-state index in [4.69, 9.17) is 32.7 Å². The zero-order chi connectivity index (χ0) is 22.7. The molecule has 12 heteroatoms. The third-order valence-electron chi connectivity index (χ3n) is 4.84. The highest BCUT2D eigenvalue weighted by molar-refractivity contribution is 7.98. The molecule has 0 radical (unpaired) electrons. The Morgan fingerprint density at radius 3 is 2.94 bits per heavy atom. The van der Waals surface area contributed by atoms with Gasteiger partial charge in [0.15, 0.2) is 0 Å². The van der Waals surface area contributed by atoms with Crippen LogP contribution in [0.4, 0.5) is 4.79 Å². The highest BCUT2D eigenvalue weighted by Gasteiger charge is 2.25. The molecule has 9 nitrogen and oxygen atoms in total. The molecule has 1 fully saturated rings. The number of rotatable bonds is 6. The van der Waals surface area contributed by atoms with Crippen LogP contribution in [0.15, 0.2) is 29.4 Å². The number of aryl methyl sites for hydroxylation is 1. The Kier molecular flexibility index (Phi) is 7.24. The summed E-state index contributed by atoms with van der Waals surface area (Å²) in [6.45, 7) is 3.84. The number of ether oxygens (including phenoxy) is 2. The Labute approximate surface area is 199 Å². The number of hydrogen-bond donors (Lipinski definition) is 1. The van der Waals surface area contributed by atoms with E-state index >= 15 is 0 Å². The first-order valence-corrected chi connectivity index (χ1v) is 11.9. The van der Waals surface area contributed by atoms with Crippen LogP contribution in [-0.4, -0.2) is 69.2 Å². The van der Waals surface area contributed by atoms with Crippen LogP contribution < -0.4 is 10.1 Å². The van der Waals surface area contributed by atoms with Crippen molar-refractivity contribution in [1.29, 1.82) is 0 Å². The summed E-state index contributed by atoms with van der Waals surface area (Å²) in [7, 11) is 0. The summed E-state index contributed by atoms with van der Waals surface area (Å²) in [4.78, 5) is 23.1. The fourth-order valence-corrected chi connectivity index (χ4v) is 3.90. The number of carbonyl (C=O) groups excluding carboxylic acids is 1. The Balaban J connectivity index is 1.34. The van der Waals surface area contributed by atoms with Crippen molar-refractivity contribution in [3.05, 3.63) is 45.6 Å². The number of aromatic nitrogens is 4. The Hall–Kier alpha value is -2.27. The summed E-state index contributed by atoms with van der Waals surface area (Å²) >= 11 is 13.4. The lowest BCUT2D eigenvalue weighted by molar-refractivity contribution is -0.0362. The number of hydrogen-bond acceptors (Lipinski definition) is 7. The maximum absolute atomic E-state index is 12.6. The minimum atomic E-state index is -0.272. The number of thioether (sulfide) groups is 1. The average Bonchev–Trinajstić information content (AvgIpc) is 3.21. The number of morpholine rings is 1. The topological polar surface area (TPSA) is 93.9 Å². The van der Waals surface area contributed by atoms with E-state index in [9.17, 15) is 4.79 Å². The summed E-state index contributed by atoms with van der Waals surface area (Å²) in [5.74, 6) is 1.02. The first kappa shape index (κ1) is 22.9. The quantitative estimate of drug-likeness (QED) is 0.522. The van der Waals surface area contributed by atoms with Gasteiger partial charge in [0.05, 0.1) is 23.2 Å². The minimum Gasteiger partial charge on any atom is -0.475 e. The molecular weight excluding hydrogens is 475 g/mol. The van der Waals surface area contributed by atoms with Crippen LogP contribution in [0, 0.1) is 6.92 Å². The summed E-state index contributed by atoms with van der Waals surface area (Å²) in [5, 5.41) is 8.86. The Morgan fingerprint density at radius 2 is 2.16 bits per heavy atom. The molecule has 1 atom stereocenters. The summed E-state index contributed by atoms with van der Waals surface area (Å²) in [6.07, 6.45) is 1.63. The van der Waals surface area contributed by atoms with E-state index in [-0.39, 0.29) is 18.7 Å². The molecule has 1 N–H and O–H groups in total. The van der Waals surface area contributed by atoms with E-state index in [0.29, 0.717) is 53.1 Å². The Bertz CT molecular complexity index is 1130. The molecule has 32 heavy (non-hydrogen) atoms. The molecule has 0 bridgehead atoms. The molecule has 1 aromatic carbocycles. The summed E-state index contributed by atoms with van der Waals surface area (Å²) in [5.41, 5.74) is 1.65. The molecule has 3 heterocycles. The molecule has 2 aromatic heterocycles. The van der Waals surface area contributed by atoms with Gasteiger partial charge in [0.1, 0.15) is 12.7 Å². The van der Waals surface area contributed by atoms with E-state index in [1.807, 2.05) is 19.2 Å². The van der Waals surface area contributed by atoms with Crippen LogP contribution in [0.1, 0.15) is 11.3 Å². The predicted molar refractivity (Wildman–Crippen MR) is 123 cm³/mol. The molecule has 4 rings (SSSR count). The van der Waals surface area contributed by atoms with Gasteiger partial charge in [-0.05, 0) is 30.9 Å². The third-order valence-corrected chi connectivity index (χ3v) is 6.12. The second-order valence-corrected chi connectivity index (χ2v) is 8.79. The largest absolute Gasteiger partial charge is 0.475 e. The first-order chi connectivity index (χ1) is 15.4. The summed E-state index contributed by atoms with van der Waals surface area (Å²) in [6, 6.07) is 6.91. The third kappa shape index (κ3) is 5.37. The van der Waals surface area contributed by atoms with E-state index in [2.05, 4.69) is 20.4 Å². The first-order valence-electron chi connectivity index (χ1n) is 9.92. The number of nitrogens with zero attached hydrogens (tertiary/aromatic N) is 5. The molecule has 170 valence electrons. The molecular formula is C20H22Cl2N6O3S. The minimum absolute atomic E-state index is 0.174. The molecule has 2 amide bonds. The SMILES string of the molecule is CSc1nc2nc(C)cc(OCC3CN(C(=O)NCc4ccc(Cl)c(Cl)c4)CCO3)n2n1. The predicted octanol–water partition coefficient (Wildman–Crippen LogP) is 3.45. The molecule has 1 aliphatic heterocycles. The van der Waals surface area contributed by atoms with Gasteiger partial charge in [-0.25, -0.2) is 9.78 Å². The lowest BCUT2D eigenvalue weighted by Gasteiger charge is -2.32. The van der Waals surface area contributed by atoms with Crippen molar-refractivity contribution in [2.45, 2.75) is 24.7 Å². The van der Waals surface area contributed by atoms with E-state index < -0.39 is 0 Å². The standard InChI is InChI=1S/C20H22Cl2N6O3S/c1-12-7-17(28-18(24-12)25-19(26-28)32-2)31-11-14-10-27(5-6-30-14)20(29)23-9-13-3-4-15(21)16(22)8-13/h3-4,7-8,14H,5-6,9-11H2,1-2H3,(H,23,29). The number of nitrogens with one attached hydrogen (secondary N) is 1. The van der Waals surface area contributed by atoms with Gasteiger partial charge >= 0.3 is 6.03 Å². The number of urea groups is 1. The number of fused-ring (bicyclic) bond motifs is 1. The lowest BCUT2D eigenvalue weighted by Crippen LogP contribution is -2.50. The maximum Gasteiger partial charge on any atom is 0.317 e. The van der Waals surface area contributed by atoms with Crippen LogP contribution in [0.5, 0.6) is 5.88 Å². The molecule has 0 spiro atoms. The maximum atomic E-state index is 12.6. The average molecular weight is 497 g/mol. The zero-order valence-electron chi connectivity index (χ0n) is 17.5. The van der Waals surface area contributed by atoms with Crippen molar-refractivity contribution in [3.63, 3.8) is 0 Å². The molecule has 3 aromatic rings. The molecule has 1 aliphatic rings. The van der Waals surface area contributed by atoms with Gasteiger partial charge in [0.25, 0.3) is 5.78 Å². The van der Waals surface area contributed by atoms with Crippen LogP contribution in [-0.2, 0) is 11.3 Å². The number of benzene rings is 1. The van der Waals surface area contributed by atoms with Gasteiger partial charge in [0, 0.05) is 24.8 Å². The van der Waals surface area contributed by atoms with E-state index in [0.717, 1.165) is 11.3 Å². The second-order valence-electron chi connectivity index (χ2n) is 7.20. The van der Waals surface area contributed by atoms with Crippen molar-refractivity contribution < 1.29 is 14.3 Å². The normalized spacial score (nSPS) is 16.4. The molecule has 1 unspecified atom stereocenters. The fourth-order valence-electron chi connectivity index (χ4n) is 3.25. The van der Waals surface area contributed by atoms with Crippen molar-refractivity contribution >= 4 is 46.8 Å². The van der Waals surface area contributed by atoms with Crippen LogP contribution >= 0.6 is 35.0 Å². The van der Waals surface area contributed by atoms with Crippen LogP contribution in [0.2, 0.25) is 10.0 Å². The smallest absolute Gasteiger partial charge is 0.317 e. The van der Waals surface area contributed by atoms with Gasteiger partial charge in [-0.3, -0.25) is 0 Å². The number of carbonyl (C=O) groups is 1. The van der Waals surface area contributed by atoms with Gasteiger partial charge < -0.3 is 19.7 Å². The molecule has 1 saturated heterocycles. The Morgan fingerprint density at radius 1 is 1.31 bits per heavy atom. The summed E-state index contributed by atoms with van der Waals surface area (Å²) < 4.78 is 13.3. The van der Waals surface area contributed by atoms with Crippen molar-refractivity contribution in [2.75, 3.05) is 32.6 Å². The fraction of sp³-hybridized carbons (Fsp3) is 0.400. The van der Waals surface area contributed by atoms with E-state index in [1.165, 1.54) is 11.8 Å². The van der Waals surface area contributed by atoms with Crippen LogP contribution in [0.25, 0.3) is 5.78 Å². The molecule has 0 aliphatic carbocycles. The highest BCUT2D eigenvalue weighted by Crippen LogP contribution is 2.22. The second kappa shape index (κ2) is 10.1. The highest BCUT2D eigenvalue weighted by atomic mass is 35.5. The lowest BCUT2D eigenvalue weighted by atomic mass is 10.2. The van der Waals surface area contributed by atoms with Gasteiger partial charge in [0.2, 0.25) is 11.0 Å². The van der Waals surface area contributed by atoms with Crippen molar-refractivity contribution in [2.24, 2.45) is 0 Å². The zero-order valence-corrected chi connectivity index (χ0v) is 19.9. The van der Waals surface area contributed by atoms with Gasteiger partial charge in [-0.1, -0.05) is 41.0 Å². The number of amides is 2. The van der Waals surface area contributed by atoms with E-state index in [1.54, 1.807) is 27.6 Å². The monoisotopic (exact) mass is 496 g/mol.